The zero-order valence-corrected chi connectivity index (χ0v) is 10.6. The van der Waals surface area contributed by atoms with Crippen LogP contribution in [0.3, 0.4) is 0 Å². The van der Waals surface area contributed by atoms with Gasteiger partial charge in [-0.3, -0.25) is 4.55 Å². The summed E-state index contributed by atoms with van der Waals surface area (Å²) in [4.78, 5) is 10.4. The fourth-order valence-corrected chi connectivity index (χ4v) is 2.08. The quantitative estimate of drug-likeness (QED) is 0.542. The van der Waals surface area contributed by atoms with Gasteiger partial charge in [-0.1, -0.05) is 10.3 Å². The molecule has 1 heterocycles. The highest BCUT2D eigenvalue weighted by molar-refractivity contribution is 7.85. The van der Waals surface area contributed by atoms with Crippen LogP contribution in [0, 0.1) is 4.77 Å². The first kappa shape index (κ1) is 13.3. The maximum absolute atomic E-state index is 11.1. The summed E-state index contributed by atoms with van der Waals surface area (Å²) in [6.07, 6.45) is 0. The molecule has 9 nitrogen and oxygen atoms in total. The van der Waals surface area contributed by atoms with Gasteiger partial charge in [0.25, 0.3) is 10.1 Å². The third-order valence-corrected chi connectivity index (χ3v) is 3.26. The molecule has 1 aromatic heterocycles. The molecule has 0 amide bonds. The number of tetrazole rings is 1. The maximum Gasteiger partial charge on any atom is 0.335 e. The normalized spacial score (nSPS) is 11.4. The lowest BCUT2D eigenvalue weighted by Gasteiger charge is -2.05. The van der Waals surface area contributed by atoms with Crippen molar-refractivity contribution in [2.24, 2.45) is 0 Å². The molecule has 0 spiro atoms. The van der Waals surface area contributed by atoms with E-state index in [4.69, 9.17) is 21.9 Å². The Kier molecular flexibility index (Phi) is 3.18. The number of rotatable bonds is 3. The Morgan fingerprint density at radius 2 is 2.05 bits per heavy atom. The van der Waals surface area contributed by atoms with E-state index in [1.807, 2.05) is 0 Å². The van der Waals surface area contributed by atoms with Crippen LogP contribution in [0.4, 0.5) is 0 Å². The van der Waals surface area contributed by atoms with Crippen LogP contribution in [0.25, 0.3) is 5.69 Å². The summed E-state index contributed by atoms with van der Waals surface area (Å²) in [7, 11) is -4.55. The first-order chi connectivity index (χ1) is 8.79. The third kappa shape index (κ3) is 2.67. The minimum absolute atomic E-state index is 0.0242. The highest BCUT2D eigenvalue weighted by atomic mass is 32.2. The molecule has 0 fully saturated rings. The van der Waals surface area contributed by atoms with Crippen molar-refractivity contribution in [3.63, 3.8) is 0 Å². The lowest BCUT2D eigenvalue weighted by molar-refractivity contribution is 0.0696. The number of aromatic carboxylic acids is 1. The van der Waals surface area contributed by atoms with E-state index >= 15 is 0 Å². The minimum Gasteiger partial charge on any atom is -0.478 e. The Morgan fingerprint density at radius 1 is 1.37 bits per heavy atom. The highest BCUT2D eigenvalue weighted by Gasteiger charge is 2.16. The van der Waals surface area contributed by atoms with Crippen LogP contribution in [-0.4, -0.2) is 44.3 Å². The predicted octanol–water partition coefficient (Wildman–Crippen LogP) is 0.270. The Balaban J connectivity index is 2.76. The van der Waals surface area contributed by atoms with Crippen LogP contribution in [0.15, 0.2) is 23.1 Å². The van der Waals surface area contributed by atoms with Gasteiger partial charge in [-0.05, 0) is 30.4 Å². The van der Waals surface area contributed by atoms with Crippen LogP contribution in [-0.2, 0) is 10.1 Å². The van der Waals surface area contributed by atoms with Crippen LogP contribution < -0.4 is 0 Å². The fraction of sp³-hybridized carbons (Fsp3) is 0. The molecular formula is C8H6N4O5S2. The molecule has 0 aliphatic heterocycles. The number of carbonyl (C=O) groups is 1. The third-order valence-electron chi connectivity index (χ3n) is 2.17. The first-order valence-electron chi connectivity index (χ1n) is 4.65. The van der Waals surface area contributed by atoms with E-state index in [2.05, 4.69) is 15.5 Å². The summed E-state index contributed by atoms with van der Waals surface area (Å²) in [5, 5.41) is 18.1. The fourth-order valence-electron chi connectivity index (χ4n) is 1.35. The Morgan fingerprint density at radius 3 is 2.53 bits per heavy atom. The monoisotopic (exact) mass is 302 g/mol. The standard InChI is InChI=1S/C8H6N4O5S2/c13-7(14)4-1-5(12-8(18)9-10-11-12)3-6(2-4)19(15,16)17/h1-3H,(H,13,14)(H,9,11,18)(H,15,16,17). The lowest BCUT2D eigenvalue weighted by Crippen LogP contribution is -2.07. The van der Waals surface area contributed by atoms with Crippen molar-refractivity contribution in [3.8, 4) is 5.69 Å². The first-order valence-corrected chi connectivity index (χ1v) is 6.50. The molecule has 11 heteroatoms. The molecule has 2 rings (SSSR count). The van der Waals surface area contributed by atoms with Crippen LogP contribution in [0.5, 0.6) is 0 Å². The molecule has 0 bridgehead atoms. The van der Waals surface area contributed by atoms with E-state index in [1.165, 1.54) is 0 Å². The topological polar surface area (TPSA) is 138 Å². The molecule has 0 atom stereocenters. The van der Waals surface area contributed by atoms with Crippen molar-refractivity contribution in [2.45, 2.75) is 4.90 Å². The van der Waals surface area contributed by atoms with Crippen molar-refractivity contribution in [3.05, 3.63) is 28.5 Å². The van der Waals surface area contributed by atoms with Crippen molar-refractivity contribution in [1.82, 2.24) is 20.2 Å². The zero-order chi connectivity index (χ0) is 14.2. The van der Waals surface area contributed by atoms with Crippen LogP contribution in [0.2, 0.25) is 0 Å². The Hall–Kier alpha value is -2.11. The second-order valence-electron chi connectivity index (χ2n) is 3.41. The molecule has 0 aliphatic carbocycles. The molecular weight excluding hydrogens is 296 g/mol. The molecule has 0 aliphatic rings. The summed E-state index contributed by atoms with van der Waals surface area (Å²) in [6.45, 7) is 0. The number of carboxylic acids is 1. The maximum atomic E-state index is 11.1. The van der Waals surface area contributed by atoms with Gasteiger partial charge >= 0.3 is 5.97 Å². The predicted molar refractivity (Wildman–Crippen MR) is 63.3 cm³/mol. The van der Waals surface area contributed by atoms with E-state index < -0.39 is 21.0 Å². The van der Waals surface area contributed by atoms with Gasteiger partial charge in [0.05, 0.1) is 16.1 Å². The molecule has 3 N–H and O–H groups in total. The summed E-state index contributed by atoms with van der Waals surface area (Å²) in [5.41, 5.74) is -0.260. The number of hydrogen-bond donors (Lipinski definition) is 3. The number of carboxylic acid groups (broad SMARTS) is 1. The van der Waals surface area contributed by atoms with Gasteiger partial charge in [-0.2, -0.15) is 13.6 Å². The van der Waals surface area contributed by atoms with Crippen molar-refractivity contribution < 1.29 is 22.9 Å². The lowest BCUT2D eigenvalue weighted by atomic mass is 10.2. The number of H-pyrrole nitrogens is 1. The Labute approximate surface area is 111 Å². The summed E-state index contributed by atoms with van der Waals surface area (Å²) < 4.78 is 32.3. The van der Waals surface area contributed by atoms with E-state index in [0.29, 0.717) is 0 Å². The number of benzene rings is 1. The summed E-state index contributed by atoms with van der Waals surface area (Å²) in [6, 6.07) is 3.03. The van der Waals surface area contributed by atoms with Gasteiger partial charge in [0.15, 0.2) is 0 Å². The molecule has 0 saturated heterocycles. The van der Waals surface area contributed by atoms with Gasteiger partial charge in [-0.25, -0.2) is 9.48 Å². The molecule has 100 valence electrons. The molecule has 1 aromatic carbocycles. The molecule has 0 saturated carbocycles. The van der Waals surface area contributed by atoms with Crippen LogP contribution in [0.1, 0.15) is 10.4 Å². The van der Waals surface area contributed by atoms with Gasteiger partial charge in [0, 0.05) is 0 Å². The van der Waals surface area contributed by atoms with Crippen LogP contribution >= 0.6 is 12.2 Å². The number of nitrogens with one attached hydrogen (secondary N) is 1. The second kappa shape index (κ2) is 4.53. The van der Waals surface area contributed by atoms with E-state index in [1.54, 1.807) is 0 Å². The van der Waals surface area contributed by atoms with Gasteiger partial charge in [0.2, 0.25) is 4.77 Å². The average Bonchev–Trinajstić information content (AvgIpc) is 2.73. The largest absolute Gasteiger partial charge is 0.478 e. The smallest absolute Gasteiger partial charge is 0.335 e. The number of aromatic amines is 1. The van der Waals surface area contributed by atoms with Crippen molar-refractivity contribution >= 4 is 28.3 Å². The van der Waals surface area contributed by atoms with E-state index in [0.717, 1.165) is 22.9 Å². The average molecular weight is 302 g/mol. The second-order valence-corrected chi connectivity index (χ2v) is 5.20. The van der Waals surface area contributed by atoms with Gasteiger partial charge < -0.3 is 5.11 Å². The highest BCUT2D eigenvalue weighted by Crippen LogP contribution is 2.18. The number of hydrogen-bond acceptors (Lipinski definition) is 6. The number of aromatic nitrogens is 4. The Bertz CT molecular complexity index is 807. The molecule has 2 aromatic rings. The summed E-state index contributed by atoms with van der Waals surface area (Å²) in [5.74, 6) is -1.36. The van der Waals surface area contributed by atoms with Gasteiger partial charge in [0.1, 0.15) is 0 Å². The molecule has 19 heavy (non-hydrogen) atoms. The number of nitrogens with zero attached hydrogens (tertiary/aromatic N) is 3. The zero-order valence-electron chi connectivity index (χ0n) is 9.01. The molecule has 0 radical (unpaired) electrons. The SMILES string of the molecule is O=C(O)c1cc(-n2[nH]nnc2=S)cc(S(=O)(=O)O)c1. The van der Waals surface area contributed by atoms with E-state index in [-0.39, 0.29) is 16.0 Å². The molecule has 0 unspecified atom stereocenters. The van der Waals surface area contributed by atoms with Crippen molar-refractivity contribution in [2.75, 3.05) is 0 Å². The van der Waals surface area contributed by atoms with Crippen molar-refractivity contribution in [1.29, 1.82) is 0 Å². The minimum atomic E-state index is -4.55. The van der Waals surface area contributed by atoms with Gasteiger partial charge in [-0.15, -0.1) is 0 Å². The van der Waals surface area contributed by atoms with E-state index in [9.17, 15) is 13.2 Å². The summed E-state index contributed by atoms with van der Waals surface area (Å²) >= 11 is 4.81.